The van der Waals surface area contributed by atoms with Crippen molar-refractivity contribution in [2.75, 3.05) is 4.90 Å². The van der Waals surface area contributed by atoms with E-state index in [1.54, 1.807) is 36.4 Å². The van der Waals surface area contributed by atoms with Crippen molar-refractivity contribution in [1.29, 1.82) is 0 Å². The monoisotopic (exact) mass is 759 g/mol. The zero-order valence-electron chi connectivity index (χ0n) is 40.0. The van der Waals surface area contributed by atoms with Crippen molar-refractivity contribution in [3.63, 3.8) is 0 Å². The molecule has 0 atom stereocenters. The van der Waals surface area contributed by atoms with Gasteiger partial charge in [-0.2, -0.15) is 0 Å². The first-order valence-electron chi connectivity index (χ1n) is 23.6. The summed E-state index contributed by atoms with van der Waals surface area (Å²) < 4.78 is 76.6. The van der Waals surface area contributed by atoms with Crippen LogP contribution in [0, 0.1) is 0 Å². The topological polar surface area (TPSA) is 3.24 Å². The van der Waals surface area contributed by atoms with Gasteiger partial charge in [0.2, 0.25) is 0 Å². The maximum Gasteiger partial charge on any atom is 0.0645 e. The van der Waals surface area contributed by atoms with E-state index in [9.17, 15) is 11.0 Å². The number of anilines is 3. The molecule has 10 rings (SSSR count). The van der Waals surface area contributed by atoms with Crippen molar-refractivity contribution in [1.82, 2.24) is 0 Å². The van der Waals surface area contributed by atoms with E-state index >= 15 is 0 Å². The molecule has 59 heavy (non-hydrogen) atoms. The molecule has 1 nitrogen and oxygen atoms in total. The number of hydrogen-bond donors (Lipinski definition) is 0. The summed E-state index contributed by atoms with van der Waals surface area (Å²) in [6.07, 6.45) is 0. The lowest BCUT2D eigenvalue weighted by Gasteiger charge is -2.26. The van der Waals surface area contributed by atoms with Gasteiger partial charge < -0.3 is 4.90 Å². The molecule has 0 heterocycles. The van der Waals surface area contributed by atoms with E-state index in [0.29, 0.717) is 16.8 Å². The molecule has 0 fully saturated rings. The molecule has 0 radical (unpaired) electrons. The fraction of sp³-hybridized carbons (Fsp3) is 0. The van der Waals surface area contributed by atoms with Crippen LogP contribution < -0.4 is 4.90 Å². The van der Waals surface area contributed by atoms with Gasteiger partial charge >= 0.3 is 0 Å². The summed E-state index contributed by atoms with van der Waals surface area (Å²) in [4.78, 5) is 1.36. The van der Waals surface area contributed by atoms with Crippen molar-refractivity contribution in [2.45, 2.75) is 0 Å². The van der Waals surface area contributed by atoms with E-state index in [2.05, 4.69) is 42.5 Å². The van der Waals surface area contributed by atoms with E-state index in [4.69, 9.17) is 0 Å². The van der Waals surface area contributed by atoms with Gasteiger partial charge in [-0.25, -0.2) is 0 Å². The first kappa shape index (κ1) is 27.8. The quantitative estimate of drug-likeness (QED) is 0.142. The van der Waals surface area contributed by atoms with Crippen LogP contribution in [0.1, 0.15) is 11.0 Å². The first-order chi connectivity index (χ1) is 32.6. The van der Waals surface area contributed by atoms with Crippen LogP contribution in [0.4, 0.5) is 17.1 Å². The molecule has 1 heteroatoms. The van der Waals surface area contributed by atoms with Crippen LogP contribution in [0.15, 0.2) is 249 Å². The molecule has 0 bridgehead atoms. The summed E-state index contributed by atoms with van der Waals surface area (Å²) in [5.74, 6) is 0. The van der Waals surface area contributed by atoms with E-state index in [0.717, 1.165) is 55.3 Å². The molecular weight excluding hydrogens is 711 g/mol. The summed E-state index contributed by atoms with van der Waals surface area (Å²) in [5, 5.41) is 1.63. The highest BCUT2D eigenvalue weighted by Gasteiger charge is 2.17. The Morgan fingerprint density at radius 1 is 0.271 bits per heavy atom. The Labute approximate surface area is 358 Å². The molecule has 0 saturated carbocycles. The second-order valence-electron chi connectivity index (χ2n) is 14.3. The number of benzene rings is 10. The van der Waals surface area contributed by atoms with Crippen molar-refractivity contribution in [2.24, 2.45) is 0 Å². The van der Waals surface area contributed by atoms with Crippen LogP contribution in [0.5, 0.6) is 0 Å². The smallest absolute Gasteiger partial charge is 0.0645 e. The molecule has 0 aliphatic heterocycles. The number of nitrogens with zero attached hydrogens (tertiary/aromatic N) is 1. The number of rotatable bonds is 9. The highest BCUT2D eigenvalue weighted by atomic mass is 15.1. The Bertz CT molecular complexity index is 3410. The van der Waals surface area contributed by atoms with Gasteiger partial charge in [0.1, 0.15) is 0 Å². The van der Waals surface area contributed by atoms with Crippen LogP contribution in [-0.4, -0.2) is 0 Å². The second-order valence-corrected chi connectivity index (χ2v) is 14.3. The zero-order valence-corrected chi connectivity index (χ0v) is 32.0. The molecule has 10 aromatic rings. The van der Waals surface area contributed by atoms with Gasteiger partial charge in [-0.3, -0.25) is 0 Å². The van der Waals surface area contributed by atoms with Gasteiger partial charge in [0.05, 0.1) is 11.0 Å². The average molecular weight is 760 g/mol. The Balaban J connectivity index is 1.19. The SMILES string of the molecule is [2H]c1c([2H])c(N(c2ccc(-c3ccc(-c4ccccc4)c(-c4ccccc4)c3)cc2)c2c([2H])c([2H])c(-c3c(-c4ccccc4)ccc4ccccc34)c([2H])c2[2H])c([2H])c([2H])c1-c1ccccc1. The van der Waals surface area contributed by atoms with Crippen LogP contribution in [0.2, 0.25) is 0 Å². The third-order valence-electron chi connectivity index (χ3n) is 10.6. The molecule has 0 aliphatic rings. The van der Waals surface area contributed by atoms with Crippen molar-refractivity contribution < 1.29 is 11.0 Å². The van der Waals surface area contributed by atoms with Crippen LogP contribution >= 0.6 is 0 Å². The van der Waals surface area contributed by atoms with Gasteiger partial charge in [-0.1, -0.05) is 206 Å². The van der Waals surface area contributed by atoms with E-state index in [-0.39, 0.29) is 46.7 Å². The standard InChI is InChI=1S/C58H41N/c1-5-15-42(16-6-1)43-25-33-51(34-26-43)59(53-37-29-49(30-38-53)58-55-24-14-13-23-48(55)31-40-56(58)46-19-9-3-10-20-46)52-35-27-44(28-36-52)50-32-39-54(45-17-7-2-8-18-45)57(41-50)47-21-11-4-12-22-47/h1-41H/i25D,26D,29D,30D,33D,34D,37D,38D. The molecule has 0 N–H and O–H groups in total. The largest absolute Gasteiger partial charge is 0.311 e. The Kier molecular flexibility index (Phi) is 7.54. The minimum absolute atomic E-state index is 0.108. The summed E-state index contributed by atoms with van der Waals surface area (Å²) in [6, 6.07) is 61.2. The highest BCUT2D eigenvalue weighted by molar-refractivity contribution is 6.04. The fourth-order valence-corrected chi connectivity index (χ4v) is 7.73. The summed E-state index contributed by atoms with van der Waals surface area (Å²) >= 11 is 0. The van der Waals surface area contributed by atoms with Crippen LogP contribution in [0.3, 0.4) is 0 Å². The van der Waals surface area contributed by atoms with Gasteiger partial charge in [-0.15, -0.1) is 0 Å². The molecular formula is C58H41N. The molecule has 0 aliphatic carbocycles. The Morgan fingerprint density at radius 3 is 1.31 bits per heavy atom. The molecule has 0 saturated heterocycles. The minimum Gasteiger partial charge on any atom is -0.311 e. The van der Waals surface area contributed by atoms with Gasteiger partial charge in [-0.05, 0) is 120 Å². The van der Waals surface area contributed by atoms with Crippen LogP contribution in [-0.2, 0) is 0 Å². The van der Waals surface area contributed by atoms with Gasteiger partial charge in [0, 0.05) is 17.1 Å². The normalized spacial score (nSPS) is 12.9. The van der Waals surface area contributed by atoms with E-state index < -0.39 is 24.2 Å². The zero-order chi connectivity index (χ0) is 46.3. The predicted octanol–water partition coefficient (Wildman–Crippen LogP) is 16.3. The maximum absolute atomic E-state index is 9.78. The summed E-state index contributed by atoms with van der Waals surface area (Å²) in [7, 11) is 0. The summed E-state index contributed by atoms with van der Waals surface area (Å²) in [5.41, 5.74) is 8.80. The molecule has 0 amide bonds. The maximum atomic E-state index is 9.78. The minimum atomic E-state index is -0.403. The second kappa shape index (κ2) is 16.0. The first-order valence-corrected chi connectivity index (χ1v) is 19.6. The van der Waals surface area contributed by atoms with Gasteiger partial charge in [0.25, 0.3) is 0 Å². The highest BCUT2D eigenvalue weighted by Crippen LogP contribution is 2.42. The Hall–Kier alpha value is -7.74. The Morgan fingerprint density at radius 2 is 0.712 bits per heavy atom. The third kappa shape index (κ3) is 7.23. The molecule has 10 aromatic carbocycles. The van der Waals surface area contributed by atoms with E-state index in [1.165, 1.54) is 4.90 Å². The molecule has 0 unspecified atom stereocenters. The lowest BCUT2D eigenvalue weighted by molar-refractivity contribution is 1.28. The molecule has 0 spiro atoms. The fourth-order valence-electron chi connectivity index (χ4n) is 7.73. The number of hydrogen-bond acceptors (Lipinski definition) is 1. The lowest BCUT2D eigenvalue weighted by atomic mass is 9.89. The van der Waals surface area contributed by atoms with E-state index in [1.807, 2.05) is 121 Å². The number of fused-ring (bicyclic) bond motifs is 1. The van der Waals surface area contributed by atoms with Crippen molar-refractivity contribution >= 4 is 27.8 Å². The third-order valence-corrected chi connectivity index (χ3v) is 10.6. The predicted molar refractivity (Wildman–Crippen MR) is 251 cm³/mol. The van der Waals surface area contributed by atoms with Gasteiger partial charge in [0.15, 0.2) is 0 Å². The lowest BCUT2D eigenvalue weighted by Crippen LogP contribution is -2.09. The van der Waals surface area contributed by atoms with Crippen molar-refractivity contribution in [3.8, 4) is 66.8 Å². The van der Waals surface area contributed by atoms with Crippen molar-refractivity contribution in [3.05, 3.63) is 249 Å². The van der Waals surface area contributed by atoms with Crippen LogP contribution in [0.25, 0.3) is 77.5 Å². The molecule has 0 aromatic heterocycles. The average Bonchev–Trinajstić information content (AvgIpc) is 3.38. The molecule has 278 valence electrons. The summed E-state index contributed by atoms with van der Waals surface area (Å²) in [6.45, 7) is 0.